The van der Waals surface area contributed by atoms with Crippen LogP contribution in [0.4, 0.5) is 0 Å². The highest BCUT2D eigenvalue weighted by atomic mass is 35.5. The Morgan fingerprint density at radius 3 is 2.50 bits per heavy atom. The van der Waals surface area contributed by atoms with Crippen LogP contribution in [0.1, 0.15) is 20.3 Å². The highest BCUT2D eigenvalue weighted by molar-refractivity contribution is 6.19. The van der Waals surface area contributed by atoms with Crippen molar-refractivity contribution in [3.63, 3.8) is 0 Å². The first kappa shape index (κ1) is 9.72. The summed E-state index contributed by atoms with van der Waals surface area (Å²) >= 11 is 5.37. The van der Waals surface area contributed by atoms with Crippen molar-refractivity contribution >= 4 is 17.6 Å². The molecule has 0 aromatic heterocycles. The van der Waals surface area contributed by atoms with E-state index in [2.05, 4.69) is 4.74 Å². The average molecular weight is 166 g/mol. The molecule has 0 spiro atoms. The Labute approximate surface area is 65.5 Å². The van der Waals surface area contributed by atoms with Crippen molar-refractivity contribution in [1.82, 2.24) is 0 Å². The largest absolute Gasteiger partial charge is 0.446 e. The Hall–Kier alpha value is -0.280. The minimum atomic E-state index is -0.564. The van der Waals surface area contributed by atoms with Gasteiger partial charge in [0.05, 0.1) is 6.42 Å². The Kier molecular flexibility index (Phi) is 4.40. The van der Waals surface area contributed by atoms with Crippen molar-refractivity contribution in [3.8, 4) is 0 Å². The van der Waals surface area contributed by atoms with Crippen molar-refractivity contribution in [2.75, 3.05) is 0 Å². The summed E-state index contributed by atoms with van der Waals surface area (Å²) in [6, 6.07) is -0.164. The van der Waals surface area contributed by atoms with Crippen molar-refractivity contribution < 1.29 is 9.53 Å². The fourth-order valence-electron chi connectivity index (χ4n) is 0.492. The number of rotatable bonds is 3. The van der Waals surface area contributed by atoms with Gasteiger partial charge in [0.15, 0.2) is 5.56 Å². The van der Waals surface area contributed by atoms with E-state index in [1.807, 2.05) is 0 Å². The maximum absolute atomic E-state index is 10.7. The molecule has 0 rings (SSSR count). The molecule has 3 nitrogen and oxygen atoms in total. The molecule has 0 amide bonds. The number of carbonyl (C=O) groups is 1. The van der Waals surface area contributed by atoms with Gasteiger partial charge in [-0.3, -0.25) is 4.79 Å². The minimum Gasteiger partial charge on any atom is -0.446 e. The monoisotopic (exact) mass is 165 g/mol. The van der Waals surface area contributed by atoms with Gasteiger partial charge in [-0.2, -0.15) is 0 Å². The lowest BCUT2D eigenvalue weighted by atomic mass is 10.3. The molecule has 2 N–H and O–H groups in total. The number of ether oxygens (including phenoxy) is 1. The molecule has 10 heavy (non-hydrogen) atoms. The van der Waals surface area contributed by atoms with E-state index in [9.17, 15) is 4.79 Å². The standard InChI is InChI=1S/C6H12ClNO2/c1-4(8)3-6(9)10-5(2)7/h4-5H,3,8H2,1-2H3. The normalized spacial score (nSPS) is 16.0. The Balaban J connectivity index is 3.44. The summed E-state index contributed by atoms with van der Waals surface area (Å²) in [5.74, 6) is -0.350. The summed E-state index contributed by atoms with van der Waals surface area (Å²) in [4.78, 5) is 10.7. The molecule has 2 unspecified atom stereocenters. The van der Waals surface area contributed by atoms with Gasteiger partial charge in [-0.05, 0) is 13.8 Å². The molecular formula is C6H12ClNO2. The van der Waals surface area contributed by atoms with Crippen LogP contribution in [0.2, 0.25) is 0 Å². The highest BCUT2D eigenvalue weighted by Crippen LogP contribution is 1.99. The quantitative estimate of drug-likeness (QED) is 0.499. The predicted molar refractivity (Wildman–Crippen MR) is 39.7 cm³/mol. The number of esters is 1. The third-order valence-electron chi connectivity index (χ3n) is 0.782. The molecule has 0 aromatic rings. The van der Waals surface area contributed by atoms with E-state index in [0.29, 0.717) is 0 Å². The van der Waals surface area contributed by atoms with E-state index in [1.54, 1.807) is 13.8 Å². The van der Waals surface area contributed by atoms with Gasteiger partial charge in [-0.25, -0.2) is 0 Å². The SMILES string of the molecule is CC(N)CC(=O)OC(C)Cl. The molecule has 2 atom stereocenters. The van der Waals surface area contributed by atoms with Crippen LogP contribution in [0.25, 0.3) is 0 Å². The molecular weight excluding hydrogens is 154 g/mol. The molecule has 0 aliphatic heterocycles. The first-order valence-corrected chi connectivity index (χ1v) is 3.55. The zero-order chi connectivity index (χ0) is 8.15. The second-order valence-corrected chi connectivity index (χ2v) is 2.83. The zero-order valence-corrected chi connectivity index (χ0v) is 6.89. The van der Waals surface area contributed by atoms with Crippen molar-refractivity contribution in [2.24, 2.45) is 5.73 Å². The maximum Gasteiger partial charge on any atom is 0.308 e. The predicted octanol–water partition coefficient (Wildman–Crippen LogP) is 0.852. The Morgan fingerprint density at radius 1 is 1.70 bits per heavy atom. The van der Waals surface area contributed by atoms with E-state index in [0.717, 1.165) is 0 Å². The minimum absolute atomic E-state index is 0.164. The third kappa shape index (κ3) is 5.85. The summed E-state index contributed by atoms with van der Waals surface area (Å²) in [6.45, 7) is 3.32. The van der Waals surface area contributed by atoms with E-state index < -0.39 is 5.56 Å². The highest BCUT2D eigenvalue weighted by Gasteiger charge is 2.08. The van der Waals surface area contributed by atoms with Crippen LogP contribution >= 0.6 is 11.6 Å². The summed E-state index contributed by atoms with van der Waals surface area (Å²) in [5, 5.41) is 0. The number of nitrogens with two attached hydrogens (primary N) is 1. The lowest BCUT2D eigenvalue weighted by Crippen LogP contribution is -2.22. The van der Waals surface area contributed by atoms with Gasteiger partial charge in [0.1, 0.15) is 0 Å². The van der Waals surface area contributed by atoms with Gasteiger partial charge in [0.25, 0.3) is 0 Å². The molecule has 0 heterocycles. The van der Waals surface area contributed by atoms with Gasteiger partial charge in [0, 0.05) is 6.04 Å². The van der Waals surface area contributed by atoms with Gasteiger partial charge < -0.3 is 10.5 Å². The van der Waals surface area contributed by atoms with E-state index >= 15 is 0 Å². The van der Waals surface area contributed by atoms with Gasteiger partial charge in [-0.15, -0.1) is 0 Å². The number of hydrogen-bond donors (Lipinski definition) is 1. The summed E-state index contributed by atoms with van der Waals surface area (Å²) < 4.78 is 4.61. The summed E-state index contributed by atoms with van der Waals surface area (Å²) in [6.07, 6.45) is 0.219. The van der Waals surface area contributed by atoms with E-state index in [-0.39, 0.29) is 18.4 Å². The van der Waals surface area contributed by atoms with Crippen LogP contribution in [0.3, 0.4) is 0 Å². The van der Waals surface area contributed by atoms with Crippen molar-refractivity contribution in [1.29, 1.82) is 0 Å². The van der Waals surface area contributed by atoms with Gasteiger partial charge in [0.2, 0.25) is 0 Å². The Morgan fingerprint density at radius 2 is 2.20 bits per heavy atom. The molecule has 0 saturated heterocycles. The lowest BCUT2D eigenvalue weighted by Gasteiger charge is -2.07. The van der Waals surface area contributed by atoms with E-state index in [1.165, 1.54) is 0 Å². The molecule has 0 aromatic carbocycles. The van der Waals surface area contributed by atoms with Gasteiger partial charge in [-0.1, -0.05) is 11.6 Å². The summed E-state index contributed by atoms with van der Waals surface area (Å²) in [7, 11) is 0. The molecule has 4 heteroatoms. The molecule has 60 valence electrons. The number of halogens is 1. The second kappa shape index (κ2) is 4.52. The maximum atomic E-state index is 10.7. The number of carbonyl (C=O) groups excluding carboxylic acids is 1. The molecule has 0 aliphatic rings. The molecule has 0 radical (unpaired) electrons. The molecule has 0 saturated carbocycles. The fraction of sp³-hybridized carbons (Fsp3) is 0.833. The molecule has 0 bridgehead atoms. The number of alkyl halides is 1. The van der Waals surface area contributed by atoms with Crippen LogP contribution in [-0.4, -0.2) is 17.6 Å². The van der Waals surface area contributed by atoms with E-state index in [4.69, 9.17) is 17.3 Å². The average Bonchev–Trinajstić information content (AvgIpc) is 1.58. The third-order valence-corrected chi connectivity index (χ3v) is 0.872. The molecule has 0 aliphatic carbocycles. The lowest BCUT2D eigenvalue weighted by molar-refractivity contribution is -0.145. The van der Waals surface area contributed by atoms with Crippen LogP contribution in [0, 0.1) is 0 Å². The van der Waals surface area contributed by atoms with Crippen molar-refractivity contribution in [3.05, 3.63) is 0 Å². The second-order valence-electron chi connectivity index (χ2n) is 2.21. The Bertz CT molecular complexity index is 102. The van der Waals surface area contributed by atoms with Crippen LogP contribution in [-0.2, 0) is 9.53 Å². The first-order valence-electron chi connectivity index (χ1n) is 3.11. The fourth-order valence-corrected chi connectivity index (χ4v) is 0.591. The topological polar surface area (TPSA) is 52.3 Å². The van der Waals surface area contributed by atoms with Crippen LogP contribution in [0.15, 0.2) is 0 Å². The first-order chi connectivity index (χ1) is 4.52. The van der Waals surface area contributed by atoms with Crippen LogP contribution in [0.5, 0.6) is 0 Å². The van der Waals surface area contributed by atoms with Crippen LogP contribution < -0.4 is 5.73 Å². The zero-order valence-electron chi connectivity index (χ0n) is 6.13. The van der Waals surface area contributed by atoms with Gasteiger partial charge >= 0.3 is 5.97 Å². The van der Waals surface area contributed by atoms with Crippen molar-refractivity contribution in [2.45, 2.75) is 31.9 Å². The number of hydrogen-bond acceptors (Lipinski definition) is 3. The molecule has 0 fully saturated rings. The summed E-state index contributed by atoms with van der Waals surface area (Å²) in [5.41, 5.74) is 4.76. The smallest absolute Gasteiger partial charge is 0.308 e.